The Morgan fingerprint density at radius 2 is 0.800 bits per heavy atom. The number of halogens is 2. The van der Waals surface area contributed by atoms with E-state index in [1.54, 1.807) is 0 Å². The largest absolute Gasteiger partial charge is 1.00 e. The van der Waals surface area contributed by atoms with Crippen LogP contribution in [0.1, 0.15) is 2.85 Å². The molecule has 0 aromatic carbocycles. The fourth-order valence-electron chi connectivity index (χ4n) is 0. The van der Waals surface area contributed by atoms with Crippen LogP contribution in [-0.2, 0) is 0 Å². The maximum absolute atomic E-state index is 0. The predicted octanol–water partition coefficient (Wildman–Crippen LogP) is -5.36. The molecule has 0 aliphatic heterocycles. The first kappa shape index (κ1) is 33.3. The Labute approximate surface area is 154 Å². The van der Waals surface area contributed by atoms with Gasteiger partial charge in [-0.05, 0) is 0 Å². The van der Waals surface area contributed by atoms with E-state index in [1.165, 1.54) is 0 Å². The molecule has 0 radical (unpaired) electrons. The van der Waals surface area contributed by atoms with Crippen LogP contribution >= 0.6 is 48.0 Å². The molecule has 0 unspecified atom stereocenters. The van der Waals surface area contributed by atoms with Crippen LogP contribution in [0.15, 0.2) is 0 Å². The van der Waals surface area contributed by atoms with Crippen LogP contribution in [0.4, 0.5) is 0 Å². The molecule has 0 aliphatic carbocycles. The van der Waals surface area contributed by atoms with Crippen molar-refractivity contribution in [2.24, 2.45) is 0 Å². The molecule has 0 aromatic rings. The Morgan fingerprint density at radius 3 is 0.800 bits per heavy atom. The van der Waals surface area contributed by atoms with Gasteiger partial charge in [0.05, 0.1) is 0 Å². The van der Waals surface area contributed by atoms with Crippen molar-refractivity contribution in [3.8, 4) is 0 Å². The van der Waals surface area contributed by atoms with Gasteiger partial charge in [-0.3, -0.25) is 0 Å². The zero-order chi connectivity index (χ0) is 0. The van der Waals surface area contributed by atoms with E-state index < -0.39 is 0 Å². The number of rotatable bonds is 0. The molecule has 1 nitrogen and oxygen atoms in total. The Morgan fingerprint density at radius 1 is 0.800 bits per heavy atom. The van der Waals surface area contributed by atoms with Gasteiger partial charge in [0, 0.05) is 0 Å². The Hall–Kier alpha value is 4.69. The first-order valence-electron chi connectivity index (χ1n) is 0. The van der Waals surface area contributed by atoms with Gasteiger partial charge in [0.2, 0.25) is 0 Å². The molecule has 0 saturated carbocycles. The van der Waals surface area contributed by atoms with E-state index in [2.05, 4.69) is 0 Å². The summed E-state index contributed by atoms with van der Waals surface area (Å²) in [6.07, 6.45) is 0. The van der Waals surface area contributed by atoms with Crippen LogP contribution in [0.5, 0.6) is 0 Å². The second-order valence-electron chi connectivity index (χ2n) is 0. The third-order valence-electron chi connectivity index (χ3n) is 0. The van der Waals surface area contributed by atoms with Crippen LogP contribution in [-0.4, -0.2) is 5.48 Å². The standard InChI is InChI=1S/2HI.2K.H2O.2H/h2*1H;;;1H2;;/q;;2*+1;;2*-1. The molecule has 0 atom stereocenters. The fourth-order valence-corrected chi connectivity index (χ4v) is 0. The van der Waals surface area contributed by atoms with Gasteiger partial charge >= 0.3 is 103 Å². The molecule has 0 saturated heterocycles. The molecule has 5 heteroatoms. The minimum absolute atomic E-state index is 0. The molecule has 0 amide bonds. The van der Waals surface area contributed by atoms with Gasteiger partial charge in [-0.15, -0.1) is 48.0 Å². The summed E-state index contributed by atoms with van der Waals surface area (Å²) in [5, 5.41) is 0. The molecule has 0 spiro atoms. The van der Waals surface area contributed by atoms with E-state index >= 15 is 0 Å². The molecule has 5 heavy (non-hydrogen) atoms. The third-order valence-corrected chi connectivity index (χ3v) is 0. The van der Waals surface area contributed by atoms with Gasteiger partial charge < -0.3 is 8.33 Å². The van der Waals surface area contributed by atoms with Gasteiger partial charge in [-0.2, -0.15) is 0 Å². The molecule has 28 valence electrons. The van der Waals surface area contributed by atoms with Crippen LogP contribution in [0.3, 0.4) is 0 Å². The number of hydrogen-bond donors (Lipinski definition) is 0. The molecular weight excluding hydrogens is 348 g/mol. The number of hydrogen-bond acceptors (Lipinski definition) is 0. The van der Waals surface area contributed by atoms with Crippen LogP contribution in [0, 0.1) is 0 Å². The third kappa shape index (κ3) is 17.7. The average molecular weight is 354 g/mol. The van der Waals surface area contributed by atoms with E-state index in [0.29, 0.717) is 0 Å². The summed E-state index contributed by atoms with van der Waals surface area (Å²) in [4.78, 5) is 0. The zero-order valence-corrected chi connectivity index (χ0v) is 14.2. The van der Waals surface area contributed by atoms with Crippen LogP contribution < -0.4 is 103 Å². The fraction of sp³-hybridized carbons (Fsp3) is 0. The topological polar surface area (TPSA) is 31.5 Å². The van der Waals surface area contributed by atoms with E-state index in [-0.39, 0.29) is 159 Å². The molecule has 0 aliphatic rings. The molecule has 0 rings (SSSR count). The Balaban J connectivity index is 0. The summed E-state index contributed by atoms with van der Waals surface area (Å²) >= 11 is 0. The van der Waals surface area contributed by atoms with Crippen molar-refractivity contribution >= 4 is 48.0 Å². The first-order valence-corrected chi connectivity index (χ1v) is 0. The van der Waals surface area contributed by atoms with Crippen molar-refractivity contribution in [2.45, 2.75) is 0 Å². The van der Waals surface area contributed by atoms with Gasteiger partial charge in [-0.25, -0.2) is 0 Å². The maximum Gasteiger partial charge on any atom is 1.00 e. The molecule has 2 N–H and O–H groups in total. The molecule has 0 aromatic heterocycles. The normalized spacial score (nSPS) is 0. The summed E-state index contributed by atoms with van der Waals surface area (Å²) in [5.74, 6) is 0. The maximum atomic E-state index is 0. The average Bonchev–Trinajstić information content (AvgIpc) is 0. The summed E-state index contributed by atoms with van der Waals surface area (Å²) in [6, 6.07) is 0. The second-order valence-corrected chi connectivity index (χ2v) is 0. The second kappa shape index (κ2) is 23.4. The van der Waals surface area contributed by atoms with Gasteiger partial charge in [0.1, 0.15) is 0 Å². The van der Waals surface area contributed by atoms with Gasteiger partial charge in [0.25, 0.3) is 0 Å². The van der Waals surface area contributed by atoms with Crippen LogP contribution in [0.25, 0.3) is 0 Å². The van der Waals surface area contributed by atoms with Crippen LogP contribution in [0.2, 0.25) is 0 Å². The summed E-state index contributed by atoms with van der Waals surface area (Å²) in [7, 11) is 0. The van der Waals surface area contributed by atoms with Gasteiger partial charge in [0.15, 0.2) is 0 Å². The van der Waals surface area contributed by atoms with E-state index in [1.807, 2.05) is 0 Å². The quantitative estimate of drug-likeness (QED) is 0.308. The molecular formula is H6I2K2O. The van der Waals surface area contributed by atoms with E-state index in [9.17, 15) is 0 Å². The Kier molecular flexibility index (Phi) is 155. The predicted molar refractivity (Wildman–Crippen MR) is 36.7 cm³/mol. The van der Waals surface area contributed by atoms with Crippen molar-refractivity contribution in [2.75, 3.05) is 0 Å². The SMILES string of the molecule is I.I.O.[H-].[H-].[K+].[K+]. The molecule has 0 fully saturated rings. The zero-order valence-electron chi connectivity index (χ0n) is 5.32. The monoisotopic (exact) mass is 354 g/mol. The van der Waals surface area contributed by atoms with Crippen molar-refractivity contribution in [3.63, 3.8) is 0 Å². The van der Waals surface area contributed by atoms with E-state index in [0.717, 1.165) is 0 Å². The Bertz CT molecular complexity index is 13.7. The van der Waals surface area contributed by atoms with E-state index in [4.69, 9.17) is 0 Å². The summed E-state index contributed by atoms with van der Waals surface area (Å²) < 4.78 is 0. The first-order chi connectivity index (χ1) is 0. The van der Waals surface area contributed by atoms with Crippen molar-refractivity contribution in [1.82, 2.24) is 0 Å². The summed E-state index contributed by atoms with van der Waals surface area (Å²) in [6.45, 7) is 0. The minimum Gasteiger partial charge on any atom is -1.00 e. The molecule has 0 heterocycles. The van der Waals surface area contributed by atoms with Crippen molar-refractivity contribution in [3.05, 3.63) is 0 Å². The smallest absolute Gasteiger partial charge is 1.00 e. The van der Waals surface area contributed by atoms with Gasteiger partial charge in [-0.1, -0.05) is 0 Å². The minimum atomic E-state index is 0. The molecule has 0 bridgehead atoms. The van der Waals surface area contributed by atoms with Crippen molar-refractivity contribution < 1.29 is 111 Å². The summed E-state index contributed by atoms with van der Waals surface area (Å²) in [5.41, 5.74) is 0. The van der Waals surface area contributed by atoms with Crippen molar-refractivity contribution in [1.29, 1.82) is 0 Å².